The lowest BCUT2D eigenvalue weighted by molar-refractivity contribution is -0.509. The Morgan fingerprint density at radius 3 is 2.04 bits per heavy atom. The van der Waals surface area contributed by atoms with Crippen molar-refractivity contribution in [1.29, 1.82) is 0 Å². The van der Waals surface area contributed by atoms with Crippen LogP contribution in [0.2, 0.25) is 0 Å². The Morgan fingerprint density at radius 2 is 1.48 bits per heavy atom. The van der Waals surface area contributed by atoms with Gasteiger partial charge in [-0.05, 0) is 43.1 Å². The first-order chi connectivity index (χ1) is 10.8. The van der Waals surface area contributed by atoms with Gasteiger partial charge >= 0.3 is 11.0 Å². The molecule has 0 radical (unpaired) electrons. The van der Waals surface area contributed by atoms with E-state index in [9.17, 15) is 0 Å². The minimum atomic E-state index is 0. The molecular weight excluding hydrogens is 417 g/mol. The lowest BCUT2D eigenvalue weighted by Gasteiger charge is -2.11. The second kappa shape index (κ2) is 8.40. The molecule has 0 saturated carbocycles. The Morgan fingerprint density at radius 1 is 0.913 bits per heavy atom. The first kappa shape index (κ1) is 17.9. The molecule has 23 heavy (non-hydrogen) atoms. The van der Waals surface area contributed by atoms with Crippen LogP contribution in [0.25, 0.3) is 17.1 Å². The number of rotatable bonds is 5. The molecule has 0 unspecified atom stereocenters. The van der Waals surface area contributed by atoms with Crippen LogP contribution >= 0.6 is 11.5 Å². The summed E-state index contributed by atoms with van der Waals surface area (Å²) in [5.41, 5.74) is 2.29. The molecule has 0 fully saturated rings. The van der Waals surface area contributed by atoms with Crippen LogP contribution in [-0.4, -0.2) is 18.1 Å². The first-order valence-corrected chi connectivity index (χ1v) is 8.40. The fourth-order valence-corrected chi connectivity index (χ4v) is 3.54. The van der Waals surface area contributed by atoms with Gasteiger partial charge in [-0.25, -0.2) is 0 Å². The second-order valence-electron chi connectivity index (χ2n) is 4.98. The van der Waals surface area contributed by atoms with E-state index in [1.807, 2.05) is 12.1 Å². The zero-order valence-electron chi connectivity index (χ0n) is 13.3. The summed E-state index contributed by atoms with van der Waals surface area (Å²) in [5, 5.41) is 1.06. The number of halogens is 1. The SMILES string of the molecule is CCN(CC)c1nc(-c2ccccc2)[n+](-c2ccccc2)s1.[I-]. The molecule has 0 spiro atoms. The highest BCUT2D eigenvalue weighted by Crippen LogP contribution is 2.24. The quantitative estimate of drug-likeness (QED) is 0.438. The Kier molecular flexibility index (Phi) is 6.53. The van der Waals surface area contributed by atoms with Gasteiger partial charge in [0.05, 0.1) is 5.56 Å². The maximum absolute atomic E-state index is 4.91. The third kappa shape index (κ3) is 3.90. The lowest BCUT2D eigenvalue weighted by Crippen LogP contribution is -3.00. The Bertz CT molecular complexity index is 668. The topological polar surface area (TPSA) is 20.0 Å². The van der Waals surface area contributed by atoms with Gasteiger partial charge in [-0.1, -0.05) is 36.4 Å². The van der Waals surface area contributed by atoms with Crippen LogP contribution in [0.3, 0.4) is 0 Å². The van der Waals surface area contributed by atoms with E-state index in [0.717, 1.165) is 35.3 Å². The number of aromatic nitrogens is 2. The molecule has 0 aliphatic carbocycles. The van der Waals surface area contributed by atoms with Crippen LogP contribution in [0, 0.1) is 0 Å². The predicted molar refractivity (Wildman–Crippen MR) is 92.6 cm³/mol. The maximum atomic E-state index is 4.91. The average Bonchev–Trinajstić information content (AvgIpc) is 3.03. The van der Waals surface area contributed by atoms with Gasteiger partial charge in [-0.3, -0.25) is 0 Å². The summed E-state index contributed by atoms with van der Waals surface area (Å²) in [6, 6.07) is 20.8. The first-order valence-electron chi connectivity index (χ1n) is 7.62. The number of hydrogen-bond donors (Lipinski definition) is 0. The van der Waals surface area contributed by atoms with Crippen LogP contribution in [0.5, 0.6) is 0 Å². The van der Waals surface area contributed by atoms with Gasteiger partial charge in [-0.15, -0.1) is 3.96 Å². The molecule has 3 nitrogen and oxygen atoms in total. The van der Waals surface area contributed by atoms with E-state index in [0.29, 0.717) is 0 Å². The van der Waals surface area contributed by atoms with Gasteiger partial charge < -0.3 is 28.9 Å². The zero-order valence-corrected chi connectivity index (χ0v) is 16.3. The summed E-state index contributed by atoms with van der Waals surface area (Å²) >= 11 is 1.70. The van der Waals surface area contributed by atoms with E-state index in [1.165, 1.54) is 0 Å². The molecule has 0 atom stereocenters. The van der Waals surface area contributed by atoms with Gasteiger partial charge in [0.1, 0.15) is 17.2 Å². The van der Waals surface area contributed by atoms with E-state index in [2.05, 4.69) is 71.2 Å². The minimum absolute atomic E-state index is 0. The molecule has 0 saturated heterocycles. The molecule has 2 aromatic carbocycles. The van der Waals surface area contributed by atoms with E-state index >= 15 is 0 Å². The van der Waals surface area contributed by atoms with Crippen LogP contribution < -0.4 is 32.8 Å². The van der Waals surface area contributed by atoms with Crippen molar-refractivity contribution < 1.29 is 27.9 Å². The fraction of sp³-hybridized carbons (Fsp3) is 0.222. The standard InChI is InChI=1S/C18H20N3S.HI/c1-3-20(4-2)18-19-17(15-11-7-5-8-12-15)21(22-18)16-13-9-6-10-14-16;/h5-14H,3-4H2,1-2H3;1H/q+1;/p-1. The van der Waals surface area contributed by atoms with Gasteiger partial charge in [0.2, 0.25) is 0 Å². The Hall–Kier alpha value is -1.47. The summed E-state index contributed by atoms with van der Waals surface area (Å²) in [6.07, 6.45) is 0. The van der Waals surface area contributed by atoms with Crippen molar-refractivity contribution in [3.8, 4) is 17.1 Å². The monoisotopic (exact) mass is 437 g/mol. The molecule has 0 N–H and O–H groups in total. The Labute approximate surface area is 158 Å². The summed E-state index contributed by atoms with van der Waals surface area (Å²) in [5.74, 6) is 0.999. The predicted octanol–water partition coefficient (Wildman–Crippen LogP) is 0.937. The van der Waals surface area contributed by atoms with Crippen molar-refractivity contribution in [3.63, 3.8) is 0 Å². The lowest BCUT2D eigenvalue weighted by atomic mass is 10.2. The van der Waals surface area contributed by atoms with Crippen molar-refractivity contribution in [2.45, 2.75) is 13.8 Å². The second-order valence-corrected chi connectivity index (χ2v) is 5.89. The zero-order chi connectivity index (χ0) is 15.4. The van der Waals surface area contributed by atoms with Gasteiger partial charge in [-0.2, -0.15) is 0 Å². The summed E-state index contributed by atoms with van der Waals surface area (Å²) in [7, 11) is 0. The smallest absolute Gasteiger partial charge is 0.350 e. The molecular formula is C18H20IN3S. The van der Waals surface area contributed by atoms with Crippen LogP contribution in [0.4, 0.5) is 5.13 Å². The fourth-order valence-electron chi connectivity index (χ4n) is 2.41. The minimum Gasteiger partial charge on any atom is -1.00 e. The van der Waals surface area contributed by atoms with Gasteiger partial charge in [0, 0.05) is 13.1 Å². The number of para-hydroxylation sites is 1. The maximum Gasteiger partial charge on any atom is 0.350 e. The molecule has 5 heteroatoms. The molecule has 0 aliphatic rings. The third-order valence-electron chi connectivity index (χ3n) is 3.62. The van der Waals surface area contributed by atoms with E-state index in [-0.39, 0.29) is 24.0 Å². The molecule has 0 aliphatic heterocycles. The van der Waals surface area contributed by atoms with Crippen molar-refractivity contribution in [2.24, 2.45) is 0 Å². The number of benzene rings is 2. The van der Waals surface area contributed by atoms with Crippen molar-refractivity contribution in [2.75, 3.05) is 18.0 Å². The van der Waals surface area contributed by atoms with Gasteiger partial charge in [0.15, 0.2) is 0 Å². The summed E-state index contributed by atoms with van der Waals surface area (Å²) < 4.78 is 2.21. The van der Waals surface area contributed by atoms with Crippen molar-refractivity contribution in [3.05, 3.63) is 60.7 Å². The number of hydrogen-bond acceptors (Lipinski definition) is 3. The highest BCUT2D eigenvalue weighted by atomic mass is 127. The van der Waals surface area contributed by atoms with Gasteiger partial charge in [0.25, 0.3) is 0 Å². The van der Waals surface area contributed by atoms with Crippen LogP contribution in [-0.2, 0) is 0 Å². The van der Waals surface area contributed by atoms with E-state index in [4.69, 9.17) is 4.98 Å². The molecule has 0 amide bonds. The normalized spacial score (nSPS) is 10.2. The average molecular weight is 437 g/mol. The van der Waals surface area contributed by atoms with Crippen molar-refractivity contribution in [1.82, 2.24) is 4.98 Å². The van der Waals surface area contributed by atoms with E-state index < -0.39 is 0 Å². The molecule has 0 bridgehead atoms. The van der Waals surface area contributed by atoms with Crippen LogP contribution in [0.15, 0.2) is 60.7 Å². The Balaban J connectivity index is 0.00000192. The number of nitrogens with zero attached hydrogens (tertiary/aromatic N) is 3. The molecule has 3 rings (SSSR count). The number of anilines is 1. The van der Waals surface area contributed by atoms with E-state index in [1.54, 1.807) is 11.5 Å². The molecule has 1 heterocycles. The third-order valence-corrected chi connectivity index (χ3v) is 4.70. The molecule has 120 valence electrons. The molecule has 1 aromatic heterocycles. The molecule has 3 aromatic rings. The van der Waals surface area contributed by atoms with Crippen molar-refractivity contribution >= 4 is 16.7 Å². The highest BCUT2D eigenvalue weighted by Gasteiger charge is 2.26. The summed E-state index contributed by atoms with van der Waals surface area (Å²) in [6.45, 7) is 6.26. The largest absolute Gasteiger partial charge is 1.00 e. The highest BCUT2D eigenvalue weighted by molar-refractivity contribution is 7.06. The summed E-state index contributed by atoms with van der Waals surface area (Å²) in [4.78, 5) is 7.19. The van der Waals surface area contributed by atoms with Crippen LogP contribution in [0.1, 0.15) is 13.8 Å².